The molecule has 0 saturated heterocycles. The van der Waals surface area contributed by atoms with Crippen LogP contribution < -0.4 is 10.1 Å². The van der Waals surface area contributed by atoms with Gasteiger partial charge in [0.05, 0.1) is 5.02 Å². The van der Waals surface area contributed by atoms with Gasteiger partial charge in [0.1, 0.15) is 5.75 Å². The van der Waals surface area contributed by atoms with E-state index in [4.69, 9.17) is 16.3 Å². The van der Waals surface area contributed by atoms with Gasteiger partial charge in [-0.25, -0.2) is 0 Å². The highest BCUT2D eigenvalue weighted by Crippen LogP contribution is 2.27. The van der Waals surface area contributed by atoms with Crippen LogP contribution in [0.2, 0.25) is 5.02 Å². The highest BCUT2D eigenvalue weighted by molar-refractivity contribution is 8.01. The summed E-state index contributed by atoms with van der Waals surface area (Å²) < 4.78 is 6.21. The highest BCUT2D eigenvalue weighted by Gasteiger charge is 2.10. The number of hydrogen-bond acceptors (Lipinski definition) is 6. The Hall–Kier alpha value is -1.31. The maximum atomic E-state index is 11.8. The molecule has 0 radical (unpaired) electrons. The van der Waals surface area contributed by atoms with Gasteiger partial charge in [-0.15, -0.1) is 10.2 Å². The molecule has 118 valence electrons. The second kappa shape index (κ2) is 8.36. The van der Waals surface area contributed by atoms with Crippen LogP contribution in [0.15, 0.2) is 28.6 Å². The fraction of sp³-hybridized carbons (Fsp3) is 0.357. The summed E-state index contributed by atoms with van der Waals surface area (Å²) in [4.78, 5) is 11.8. The van der Waals surface area contributed by atoms with Crippen LogP contribution in [0.4, 0.5) is 5.13 Å². The van der Waals surface area contributed by atoms with Crippen molar-refractivity contribution in [2.75, 3.05) is 17.7 Å². The lowest BCUT2D eigenvalue weighted by atomic mass is 10.3. The normalized spacial score (nSPS) is 10.7. The Morgan fingerprint density at radius 3 is 2.91 bits per heavy atom. The summed E-state index contributed by atoms with van der Waals surface area (Å²) >= 11 is 8.94. The number of anilines is 1. The fourth-order valence-electron chi connectivity index (χ4n) is 1.42. The summed E-state index contributed by atoms with van der Waals surface area (Å²) in [6.45, 7) is 4.16. The van der Waals surface area contributed by atoms with Gasteiger partial charge in [-0.1, -0.05) is 60.7 Å². The fourth-order valence-corrected chi connectivity index (χ4v) is 3.35. The van der Waals surface area contributed by atoms with Gasteiger partial charge in [-0.05, 0) is 18.1 Å². The molecule has 0 aliphatic carbocycles. The first-order chi connectivity index (χ1) is 10.5. The number of nitrogens with one attached hydrogen (secondary N) is 1. The predicted molar refractivity (Wildman–Crippen MR) is 91.0 cm³/mol. The number of hydrogen-bond donors (Lipinski definition) is 1. The van der Waals surface area contributed by atoms with Crippen LogP contribution in [0.25, 0.3) is 0 Å². The highest BCUT2D eigenvalue weighted by atomic mass is 35.5. The molecule has 0 unspecified atom stereocenters. The number of halogens is 1. The van der Waals surface area contributed by atoms with E-state index in [9.17, 15) is 4.79 Å². The zero-order chi connectivity index (χ0) is 15.9. The molecule has 1 N–H and O–H groups in total. The van der Waals surface area contributed by atoms with Crippen LogP contribution in [0.5, 0.6) is 5.75 Å². The number of thioether (sulfide) groups is 1. The van der Waals surface area contributed by atoms with Crippen molar-refractivity contribution in [2.24, 2.45) is 5.92 Å². The predicted octanol–water partition coefficient (Wildman–Crippen LogP) is 3.96. The van der Waals surface area contributed by atoms with E-state index in [1.807, 2.05) is 0 Å². The van der Waals surface area contributed by atoms with E-state index in [0.29, 0.717) is 21.8 Å². The maximum Gasteiger partial charge on any atom is 0.264 e. The molecule has 8 heteroatoms. The van der Waals surface area contributed by atoms with E-state index in [-0.39, 0.29) is 12.5 Å². The van der Waals surface area contributed by atoms with E-state index in [1.165, 1.54) is 11.3 Å². The Labute approximate surface area is 142 Å². The first kappa shape index (κ1) is 17.1. The van der Waals surface area contributed by atoms with Crippen molar-refractivity contribution >= 4 is 45.7 Å². The van der Waals surface area contributed by atoms with Crippen molar-refractivity contribution in [3.05, 3.63) is 29.3 Å². The molecule has 1 aromatic heterocycles. The van der Waals surface area contributed by atoms with Crippen molar-refractivity contribution in [2.45, 2.75) is 18.2 Å². The summed E-state index contributed by atoms with van der Waals surface area (Å²) in [6, 6.07) is 7.01. The van der Waals surface area contributed by atoms with Gasteiger partial charge in [0.2, 0.25) is 5.13 Å². The zero-order valence-electron chi connectivity index (χ0n) is 12.2. The zero-order valence-corrected chi connectivity index (χ0v) is 14.6. The molecule has 0 spiro atoms. The average Bonchev–Trinajstić information content (AvgIpc) is 2.92. The number of carbonyl (C=O) groups is 1. The summed E-state index contributed by atoms with van der Waals surface area (Å²) in [5.41, 5.74) is 0. The summed E-state index contributed by atoms with van der Waals surface area (Å²) in [5.74, 6) is 1.73. The number of carbonyl (C=O) groups excluding carboxylic acids is 1. The first-order valence-electron chi connectivity index (χ1n) is 6.68. The number of benzene rings is 1. The topological polar surface area (TPSA) is 64.1 Å². The molecule has 22 heavy (non-hydrogen) atoms. The molecule has 1 amide bonds. The quantitative estimate of drug-likeness (QED) is 0.600. The number of nitrogens with zero attached hydrogens (tertiary/aromatic N) is 2. The van der Waals surface area contributed by atoms with Crippen molar-refractivity contribution in [3.63, 3.8) is 0 Å². The van der Waals surface area contributed by atoms with Crippen LogP contribution in [0.3, 0.4) is 0 Å². The van der Waals surface area contributed by atoms with Crippen molar-refractivity contribution in [3.8, 4) is 5.75 Å². The second-order valence-electron chi connectivity index (χ2n) is 4.85. The van der Waals surface area contributed by atoms with Gasteiger partial charge >= 0.3 is 0 Å². The van der Waals surface area contributed by atoms with Crippen LogP contribution >= 0.6 is 34.7 Å². The third-order valence-corrected chi connectivity index (χ3v) is 5.10. The number of aromatic nitrogens is 2. The smallest absolute Gasteiger partial charge is 0.264 e. The molecule has 0 bridgehead atoms. The minimum absolute atomic E-state index is 0.127. The monoisotopic (exact) mass is 357 g/mol. The Bertz CT molecular complexity index is 634. The van der Waals surface area contributed by atoms with E-state index < -0.39 is 0 Å². The minimum Gasteiger partial charge on any atom is -0.482 e. The standard InChI is InChI=1S/C14H16ClN3O2S2/c1-9(2)8-21-14-18-17-13(22-14)16-12(19)7-20-11-6-4-3-5-10(11)15/h3-6,9H,7-8H2,1-2H3,(H,16,17,19). The minimum atomic E-state index is -0.295. The van der Waals surface area contributed by atoms with Gasteiger partial charge in [-0.3, -0.25) is 10.1 Å². The van der Waals surface area contributed by atoms with E-state index >= 15 is 0 Å². The molecule has 0 atom stereocenters. The molecule has 0 saturated carbocycles. The molecule has 1 aromatic carbocycles. The Morgan fingerprint density at radius 2 is 2.18 bits per heavy atom. The number of amides is 1. The van der Waals surface area contributed by atoms with E-state index in [2.05, 4.69) is 29.4 Å². The molecular formula is C14H16ClN3O2S2. The molecule has 5 nitrogen and oxygen atoms in total. The van der Waals surface area contributed by atoms with Gasteiger partial charge in [-0.2, -0.15) is 0 Å². The Balaban J connectivity index is 1.81. The molecule has 2 rings (SSSR count). The molecule has 2 aromatic rings. The van der Waals surface area contributed by atoms with Crippen LogP contribution in [-0.4, -0.2) is 28.5 Å². The van der Waals surface area contributed by atoms with E-state index in [0.717, 1.165) is 10.1 Å². The summed E-state index contributed by atoms with van der Waals surface area (Å²) in [5, 5.41) is 11.6. The third kappa shape index (κ3) is 5.47. The molecule has 0 aliphatic heterocycles. The van der Waals surface area contributed by atoms with Crippen molar-refractivity contribution < 1.29 is 9.53 Å². The summed E-state index contributed by atoms with van der Waals surface area (Å²) in [6.07, 6.45) is 0. The van der Waals surface area contributed by atoms with Gasteiger partial charge < -0.3 is 4.74 Å². The van der Waals surface area contributed by atoms with Crippen molar-refractivity contribution in [1.29, 1.82) is 0 Å². The average molecular weight is 358 g/mol. The largest absolute Gasteiger partial charge is 0.482 e. The lowest BCUT2D eigenvalue weighted by Gasteiger charge is -2.06. The number of rotatable bonds is 7. The molecule has 0 fully saturated rings. The SMILES string of the molecule is CC(C)CSc1nnc(NC(=O)COc2ccccc2Cl)s1. The lowest BCUT2D eigenvalue weighted by Crippen LogP contribution is -2.20. The molecule has 1 heterocycles. The Kier molecular flexibility index (Phi) is 6.48. The lowest BCUT2D eigenvalue weighted by molar-refractivity contribution is -0.118. The first-order valence-corrected chi connectivity index (χ1v) is 8.86. The number of ether oxygens (including phenoxy) is 1. The van der Waals surface area contributed by atoms with Crippen LogP contribution in [0, 0.1) is 5.92 Å². The van der Waals surface area contributed by atoms with Crippen LogP contribution in [-0.2, 0) is 4.79 Å². The molecular weight excluding hydrogens is 342 g/mol. The summed E-state index contributed by atoms with van der Waals surface area (Å²) in [7, 11) is 0. The maximum absolute atomic E-state index is 11.8. The van der Waals surface area contributed by atoms with Gasteiger partial charge in [0.15, 0.2) is 10.9 Å². The Morgan fingerprint density at radius 1 is 1.41 bits per heavy atom. The van der Waals surface area contributed by atoms with Crippen molar-refractivity contribution in [1.82, 2.24) is 10.2 Å². The van der Waals surface area contributed by atoms with Crippen LogP contribution in [0.1, 0.15) is 13.8 Å². The van der Waals surface area contributed by atoms with Gasteiger partial charge in [0.25, 0.3) is 5.91 Å². The number of para-hydroxylation sites is 1. The van der Waals surface area contributed by atoms with Gasteiger partial charge in [0, 0.05) is 5.75 Å². The second-order valence-corrected chi connectivity index (χ2v) is 7.50. The third-order valence-electron chi connectivity index (χ3n) is 2.39. The molecule has 0 aliphatic rings. The van der Waals surface area contributed by atoms with E-state index in [1.54, 1.807) is 36.0 Å².